The number of aromatic nitrogens is 2. The molecule has 2 saturated heterocycles. The molecule has 0 unspecified atom stereocenters. The first-order valence-corrected chi connectivity index (χ1v) is 9.20. The molecule has 2 aromatic rings. The van der Waals surface area contributed by atoms with Gasteiger partial charge in [0.1, 0.15) is 12.1 Å². The van der Waals surface area contributed by atoms with Gasteiger partial charge in [-0.2, -0.15) is 13.2 Å². The van der Waals surface area contributed by atoms with Gasteiger partial charge in [0.15, 0.2) is 0 Å². The molecule has 4 rings (SSSR count). The molecule has 1 aromatic carbocycles. The van der Waals surface area contributed by atoms with Crippen molar-refractivity contribution in [2.45, 2.75) is 38.3 Å². The first kappa shape index (κ1) is 17.5. The van der Waals surface area contributed by atoms with Crippen LogP contribution in [0.15, 0.2) is 24.5 Å². The van der Waals surface area contributed by atoms with Gasteiger partial charge in [-0.1, -0.05) is 6.07 Å². The highest BCUT2D eigenvalue weighted by Gasteiger charge is 2.36. The first-order chi connectivity index (χ1) is 12.4. The van der Waals surface area contributed by atoms with Crippen LogP contribution in [0.1, 0.15) is 31.2 Å². The highest BCUT2D eigenvalue weighted by Crippen LogP contribution is 2.41. The van der Waals surface area contributed by atoms with E-state index < -0.39 is 12.6 Å². The summed E-state index contributed by atoms with van der Waals surface area (Å²) < 4.78 is 37.9. The zero-order chi connectivity index (χ0) is 18.2. The van der Waals surface area contributed by atoms with Crippen molar-refractivity contribution in [3.05, 3.63) is 30.1 Å². The van der Waals surface area contributed by atoms with Crippen LogP contribution in [0, 0.1) is 5.41 Å². The van der Waals surface area contributed by atoms with Crippen LogP contribution in [0.4, 0.5) is 19.0 Å². The summed E-state index contributed by atoms with van der Waals surface area (Å²) in [5.41, 5.74) is 1.27. The summed E-state index contributed by atoms with van der Waals surface area (Å²) in [5.74, 6) is 0.845. The van der Waals surface area contributed by atoms with E-state index in [9.17, 15) is 13.2 Å². The largest absolute Gasteiger partial charge is 0.393 e. The van der Waals surface area contributed by atoms with Crippen LogP contribution in [0.3, 0.4) is 0 Å². The molecule has 2 aliphatic heterocycles. The Balaban J connectivity index is 1.55. The molecule has 2 aliphatic rings. The maximum atomic E-state index is 12.6. The molecule has 140 valence electrons. The third kappa shape index (κ3) is 3.63. The van der Waals surface area contributed by atoms with Gasteiger partial charge in [0.25, 0.3) is 0 Å². The molecule has 0 atom stereocenters. The lowest BCUT2D eigenvalue weighted by molar-refractivity contribution is -0.127. The van der Waals surface area contributed by atoms with E-state index in [0.717, 1.165) is 50.2 Å². The Morgan fingerprint density at radius 3 is 2.46 bits per heavy atom. The molecule has 2 fully saturated rings. The predicted molar refractivity (Wildman–Crippen MR) is 95.3 cm³/mol. The monoisotopic (exact) mass is 364 g/mol. The van der Waals surface area contributed by atoms with Crippen molar-refractivity contribution >= 4 is 16.7 Å². The molecular formula is C19H23F3N4. The lowest BCUT2D eigenvalue weighted by Crippen LogP contribution is -2.45. The minimum atomic E-state index is -4.21. The molecule has 3 heterocycles. The van der Waals surface area contributed by atoms with Crippen molar-refractivity contribution in [3.63, 3.8) is 0 Å². The number of nitrogens with zero attached hydrogens (tertiary/aromatic N) is 3. The third-order valence-corrected chi connectivity index (χ3v) is 5.87. The molecule has 0 radical (unpaired) electrons. The van der Waals surface area contributed by atoms with E-state index in [4.69, 9.17) is 0 Å². The van der Waals surface area contributed by atoms with Crippen LogP contribution >= 0.6 is 0 Å². The van der Waals surface area contributed by atoms with E-state index in [1.807, 2.05) is 0 Å². The van der Waals surface area contributed by atoms with E-state index in [2.05, 4.69) is 20.2 Å². The zero-order valence-corrected chi connectivity index (χ0v) is 14.6. The second-order valence-electron chi connectivity index (χ2n) is 7.58. The fraction of sp³-hybridized carbons (Fsp3) is 0.579. The number of hydrogen-bond acceptors (Lipinski definition) is 4. The van der Waals surface area contributed by atoms with E-state index in [-0.39, 0.29) is 5.56 Å². The Bertz CT molecular complexity index is 774. The van der Waals surface area contributed by atoms with Gasteiger partial charge in [-0.25, -0.2) is 9.97 Å². The lowest BCUT2D eigenvalue weighted by Gasteiger charge is -2.45. The number of anilines is 1. The second-order valence-corrected chi connectivity index (χ2v) is 7.58. The number of halogens is 3. The van der Waals surface area contributed by atoms with Crippen LogP contribution in [0.2, 0.25) is 0 Å². The molecule has 7 heteroatoms. The van der Waals surface area contributed by atoms with Gasteiger partial charge in [-0.15, -0.1) is 0 Å². The maximum Gasteiger partial charge on any atom is 0.393 e. The first-order valence-electron chi connectivity index (χ1n) is 9.20. The Labute approximate surface area is 150 Å². The second kappa shape index (κ2) is 6.68. The SMILES string of the molecule is FC(F)(F)Cc1ccc2c(N3CCC4(CCNCC4)CC3)ncnc2c1. The molecule has 0 amide bonds. The van der Waals surface area contributed by atoms with Gasteiger partial charge < -0.3 is 10.2 Å². The highest BCUT2D eigenvalue weighted by atomic mass is 19.4. The molecule has 4 nitrogen and oxygen atoms in total. The van der Waals surface area contributed by atoms with Crippen molar-refractivity contribution < 1.29 is 13.2 Å². The van der Waals surface area contributed by atoms with Crippen LogP contribution in [0.25, 0.3) is 10.9 Å². The number of alkyl halides is 3. The normalized spacial score (nSPS) is 20.7. The van der Waals surface area contributed by atoms with E-state index in [0.29, 0.717) is 10.9 Å². The van der Waals surface area contributed by atoms with Crippen LogP contribution in [0.5, 0.6) is 0 Å². The lowest BCUT2D eigenvalue weighted by atomic mass is 9.71. The Morgan fingerprint density at radius 2 is 1.77 bits per heavy atom. The zero-order valence-electron chi connectivity index (χ0n) is 14.6. The van der Waals surface area contributed by atoms with Gasteiger partial charge in [-0.05, 0) is 61.9 Å². The third-order valence-electron chi connectivity index (χ3n) is 5.87. The molecule has 1 aromatic heterocycles. The van der Waals surface area contributed by atoms with Gasteiger partial charge in [0.2, 0.25) is 0 Å². The number of benzene rings is 1. The molecule has 0 aliphatic carbocycles. The fourth-order valence-electron chi connectivity index (χ4n) is 4.33. The Kier molecular flexibility index (Phi) is 4.50. The summed E-state index contributed by atoms with van der Waals surface area (Å²) >= 11 is 0. The number of fused-ring (bicyclic) bond motifs is 1. The number of rotatable bonds is 2. The molecule has 0 saturated carbocycles. The van der Waals surface area contributed by atoms with Gasteiger partial charge >= 0.3 is 6.18 Å². The van der Waals surface area contributed by atoms with Gasteiger partial charge in [-0.3, -0.25) is 0 Å². The summed E-state index contributed by atoms with van der Waals surface area (Å²) in [7, 11) is 0. The minimum absolute atomic E-state index is 0.238. The summed E-state index contributed by atoms with van der Waals surface area (Å²) in [6, 6.07) is 4.81. The van der Waals surface area contributed by atoms with E-state index in [1.165, 1.54) is 25.2 Å². The fourth-order valence-corrected chi connectivity index (χ4v) is 4.33. The van der Waals surface area contributed by atoms with E-state index in [1.54, 1.807) is 12.1 Å². The Morgan fingerprint density at radius 1 is 1.04 bits per heavy atom. The molecule has 0 bridgehead atoms. The van der Waals surface area contributed by atoms with E-state index >= 15 is 0 Å². The quantitative estimate of drug-likeness (QED) is 0.882. The van der Waals surface area contributed by atoms with Gasteiger partial charge in [0, 0.05) is 18.5 Å². The van der Waals surface area contributed by atoms with Crippen molar-refractivity contribution in [1.29, 1.82) is 0 Å². The topological polar surface area (TPSA) is 41.0 Å². The Hall–Kier alpha value is -1.89. The standard InChI is InChI=1S/C19H23F3N4/c20-19(21,22)12-14-1-2-15-16(11-14)24-13-25-17(15)26-9-5-18(6-10-26)3-7-23-8-4-18/h1-2,11,13,23H,3-10,12H2. The molecule has 1 N–H and O–H groups in total. The van der Waals surface area contributed by atoms with Crippen LogP contribution < -0.4 is 10.2 Å². The minimum Gasteiger partial charge on any atom is -0.356 e. The summed E-state index contributed by atoms with van der Waals surface area (Å²) in [5, 5.41) is 4.26. The van der Waals surface area contributed by atoms with Crippen LogP contribution in [-0.2, 0) is 6.42 Å². The summed E-state index contributed by atoms with van der Waals surface area (Å²) in [6.07, 6.45) is 1.07. The van der Waals surface area contributed by atoms with Gasteiger partial charge in [0.05, 0.1) is 11.9 Å². The molecule has 1 spiro atoms. The van der Waals surface area contributed by atoms with Crippen molar-refractivity contribution in [1.82, 2.24) is 15.3 Å². The van der Waals surface area contributed by atoms with Crippen molar-refractivity contribution in [2.75, 3.05) is 31.1 Å². The average Bonchev–Trinajstić information content (AvgIpc) is 2.61. The van der Waals surface area contributed by atoms with Crippen molar-refractivity contribution in [2.24, 2.45) is 5.41 Å². The molecule has 26 heavy (non-hydrogen) atoms. The number of nitrogens with one attached hydrogen (secondary N) is 1. The smallest absolute Gasteiger partial charge is 0.356 e. The summed E-state index contributed by atoms with van der Waals surface area (Å²) in [4.78, 5) is 10.9. The van der Waals surface area contributed by atoms with Crippen LogP contribution in [-0.4, -0.2) is 42.3 Å². The predicted octanol–water partition coefficient (Wildman–Crippen LogP) is 3.70. The number of hydrogen-bond donors (Lipinski definition) is 1. The highest BCUT2D eigenvalue weighted by molar-refractivity contribution is 5.89. The molecular weight excluding hydrogens is 341 g/mol. The summed E-state index contributed by atoms with van der Waals surface area (Å²) in [6.45, 7) is 4.07. The average molecular weight is 364 g/mol. The van der Waals surface area contributed by atoms with Crippen molar-refractivity contribution in [3.8, 4) is 0 Å². The maximum absolute atomic E-state index is 12.6. The number of piperidine rings is 2.